The molecule has 1 aromatic carbocycles. The van der Waals surface area contributed by atoms with Gasteiger partial charge in [0.1, 0.15) is 5.75 Å². The van der Waals surface area contributed by atoms with E-state index in [2.05, 4.69) is 24.1 Å². The van der Waals surface area contributed by atoms with E-state index in [1.54, 1.807) is 12.1 Å². The summed E-state index contributed by atoms with van der Waals surface area (Å²) in [5.74, 6) is -0.166. The number of carbonyl (C=O) groups excluding carboxylic acids is 2. The number of hydrogen-bond donors (Lipinski definition) is 1. The fourth-order valence-corrected chi connectivity index (χ4v) is 2.43. The molecule has 0 fully saturated rings. The highest BCUT2D eigenvalue weighted by molar-refractivity contribution is 6.32. The lowest BCUT2D eigenvalue weighted by Crippen LogP contribution is -2.31. The maximum Gasteiger partial charge on any atom is 0.344 e. The van der Waals surface area contributed by atoms with Crippen LogP contribution in [0, 0.1) is 6.92 Å². The summed E-state index contributed by atoms with van der Waals surface area (Å²) in [4.78, 5) is 28.0. The molecule has 1 aromatic heterocycles. The van der Waals surface area contributed by atoms with Gasteiger partial charge in [0, 0.05) is 6.20 Å². The Morgan fingerprint density at radius 3 is 2.63 bits per heavy atom. The van der Waals surface area contributed by atoms with Crippen molar-refractivity contribution >= 4 is 29.2 Å². The van der Waals surface area contributed by atoms with E-state index in [0.29, 0.717) is 17.4 Å². The Labute approximate surface area is 163 Å². The van der Waals surface area contributed by atoms with Gasteiger partial charge < -0.3 is 14.8 Å². The predicted octanol–water partition coefficient (Wildman–Crippen LogP) is 4.12. The summed E-state index contributed by atoms with van der Waals surface area (Å²) < 4.78 is 10.7. The molecule has 0 bridgehead atoms. The van der Waals surface area contributed by atoms with Crippen molar-refractivity contribution in [3.63, 3.8) is 0 Å². The van der Waals surface area contributed by atoms with E-state index in [0.717, 1.165) is 11.1 Å². The van der Waals surface area contributed by atoms with Gasteiger partial charge in [0.15, 0.2) is 17.9 Å². The highest BCUT2D eigenvalue weighted by Gasteiger charge is 2.19. The molecular weight excluding hydrogens is 368 g/mol. The number of amides is 1. The molecule has 0 radical (unpaired) electrons. The Morgan fingerprint density at radius 2 is 1.96 bits per heavy atom. The van der Waals surface area contributed by atoms with Crippen LogP contribution in [0.1, 0.15) is 37.8 Å². The molecule has 0 saturated carbocycles. The van der Waals surface area contributed by atoms with Gasteiger partial charge in [0.25, 0.3) is 5.91 Å². The molecule has 7 heteroatoms. The Bertz CT molecular complexity index is 823. The second-order valence-electron chi connectivity index (χ2n) is 6.43. The van der Waals surface area contributed by atoms with E-state index < -0.39 is 18.0 Å². The molecule has 2 rings (SSSR count). The molecule has 2 aromatic rings. The number of ether oxygens (including phenoxy) is 2. The molecule has 1 heterocycles. The van der Waals surface area contributed by atoms with Crippen molar-refractivity contribution in [2.45, 2.75) is 39.7 Å². The van der Waals surface area contributed by atoms with Crippen LogP contribution in [0.3, 0.4) is 0 Å². The maximum absolute atomic E-state index is 12.1. The second kappa shape index (κ2) is 9.37. The van der Waals surface area contributed by atoms with Crippen LogP contribution < -0.4 is 10.1 Å². The zero-order chi connectivity index (χ0) is 20.0. The average molecular weight is 391 g/mol. The van der Waals surface area contributed by atoms with E-state index in [1.165, 1.54) is 13.1 Å². The lowest BCUT2D eigenvalue weighted by atomic mass is 10.0. The third-order valence-electron chi connectivity index (χ3n) is 3.92. The van der Waals surface area contributed by atoms with Gasteiger partial charge in [-0.15, -0.1) is 0 Å². The van der Waals surface area contributed by atoms with Gasteiger partial charge in [0.05, 0.1) is 5.69 Å². The summed E-state index contributed by atoms with van der Waals surface area (Å²) in [5, 5.41) is 2.73. The first-order valence-corrected chi connectivity index (χ1v) is 9.00. The first-order chi connectivity index (χ1) is 12.8. The summed E-state index contributed by atoms with van der Waals surface area (Å²) in [7, 11) is 0. The van der Waals surface area contributed by atoms with E-state index >= 15 is 0 Å². The highest BCUT2D eigenvalue weighted by Crippen LogP contribution is 2.24. The van der Waals surface area contributed by atoms with Crippen molar-refractivity contribution in [1.82, 2.24) is 4.98 Å². The van der Waals surface area contributed by atoms with Gasteiger partial charge in [0.2, 0.25) is 0 Å². The average Bonchev–Trinajstić information content (AvgIpc) is 2.62. The third kappa shape index (κ3) is 5.96. The second-order valence-corrected chi connectivity index (χ2v) is 6.79. The molecule has 144 valence electrons. The van der Waals surface area contributed by atoms with Crippen LogP contribution in [0.25, 0.3) is 0 Å². The normalized spacial score (nSPS) is 11.8. The maximum atomic E-state index is 12.1. The Kier molecular flexibility index (Phi) is 7.19. The topological polar surface area (TPSA) is 77.5 Å². The molecule has 0 aliphatic rings. The summed E-state index contributed by atoms with van der Waals surface area (Å²) in [5.41, 5.74) is 2.39. The van der Waals surface area contributed by atoms with E-state index in [-0.39, 0.29) is 11.8 Å². The summed E-state index contributed by atoms with van der Waals surface area (Å²) in [6.45, 7) is 7.25. The number of aryl methyl sites for hydroxylation is 1. The smallest absolute Gasteiger partial charge is 0.344 e. The van der Waals surface area contributed by atoms with Crippen LogP contribution in [0.4, 0.5) is 5.69 Å². The largest absolute Gasteiger partial charge is 0.482 e. The van der Waals surface area contributed by atoms with E-state index in [9.17, 15) is 9.59 Å². The minimum atomic E-state index is -1.000. The lowest BCUT2D eigenvalue weighted by molar-refractivity contribution is -0.155. The van der Waals surface area contributed by atoms with Crippen molar-refractivity contribution in [1.29, 1.82) is 0 Å². The number of benzene rings is 1. The molecule has 0 aliphatic heterocycles. The number of esters is 1. The Morgan fingerprint density at radius 1 is 1.22 bits per heavy atom. The molecular formula is C20H23ClN2O4. The summed E-state index contributed by atoms with van der Waals surface area (Å²) >= 11 is 5.89. The number of hydrogen-bond acceptors (Lipinski definition) is 5. The summed E-state index contributed by atoms with van der Waals surface area (Å²) in [6, 6.07) is 9.13. The number of rotatable bonds is 7. The van der Waals surface area contributed by atoms with Gasteiger partial charge >= 0.3 is 5.97 Å². The molecule has 0 unspecified atom stereocenters. The van der Waals surface area contributed by atoms with E-state index in [1.807, 2.05) is 25.1 Å². The van der Waals surface area contributed by atoms with Crippen LogP contribution in [-0.2, 0) is 14.3 Å². The standard InChI is InChI=1S/C20H23ClN2O4/c1-12(2)15-8-7-13(3)17(10-15)26-11-18(24)27-14(4)20(25)23-16-6-5-9-22-19(16)21/h5-10,12,14H,11H2,1-4H3,(H,23,25)/t14-/m1/s1. The highest BCUT2D eigenvalue weighted by atomic mass is 35.5. The van der Waals surface area contributed by atoms with Gasteiger partial charge in [-0.1, -0.05) is 37.6 Å². The number of halogens is 1. The minimum Gasteiger partial charge on any atom is -0.482 e. The molecule has 27 heavy (non-hydrogen) atoms. The fraction of sp³-hybridized carbons (Fsp3) is 0.350. The Hall–Kier alpha value is -2.60. The number of carbonyl (C=O) groups is 2. The van der Waals surface area contributed by atoms with Gasteiger partial charge in [-0.3, -0.25) is 4.79 Å². The zero-order valence-corrected chi connectivity index (χ0v) is 16.5. The SMILES string of the molecule is Cc1ccc(C(C)C)cc1OCC(=O)O[C@H](C)C(=O)Nc1cccnc1Cl. The molecule has 0 spiro atoms. The first kappa shape index (κ1) is 20.7. The van der Waals surface area contributed by atoms with Gasteiger partial charge in [-0.2, -0.15) is 0 Å². The number of nitrogens with zero attached hydrogens (tertiary/aromatic N) is 1. The van der Waals surface area contributed by atoms with Crippen LogP contribution in [0.15, 0.2) is 36.5 Å². The van der Waals surface area contributed by atoms with Crippen LogP contribution in [0.2, 0.25) is 5.15 Å². The molecule has 1 atom stereocenters. The Balaban J connectivity index is 1.89. The number of pyridine rings is 1. The monoisotopic (exact) mass is 390 g/mol. The van der Waals surface area contributed by atoms with Crippen LogP contribution >= 0.6 is 11.6 Å². The van der Waals surface area contributed by atoms with E-state index in [4.69, 9.17) is 21.1 Å². The predicted molar refractivity (Wildman–Crippen MR) is 104 cm³/mol. The quantitative estimate of drug-likeness (QED) is 0.568. The van der Waals surface area contributed by atoms with Gasteiger partial charge in [-0.25, -0.2) is 9.78 Å². The van der Waals surface area contributed by atoms with Crippen LogP contribution in [-0.4, -0.2) is 29.6 Å². The molecule has 0 saturated heterocycles. The molecule has 0 aliphatic carbocycles. The van der Waals surface area contributed by atoms with Gasteiger partial charge in [-0.05, 0) is 49.1 Å². The third-order valence-corrected chi connectivity index (χ3v) is 4.22. The van der Waals surface area contributed by atoms with Crippen molar-refractivity contribution in [3.05, 3.63) is 52.8 Å². The number of aromatic nitrogens is 1. The molecule has 6 nitrogen and oxygen atoms in total. The van der Waals surface area contributed by atoms with Crippen molar-refractivity contribution in [3.8, 4) is 5.75 Å². The van der Waals surface area contributed by atoms with Crippen LogP contribution in [0.5, 0.6) is 5.75 Å². The zero-order valence-electron chi connectivity index (χ0n) is 15.8. The number of anilines is 1. The summed E-state index contributed by atoms with van der Waals surface area (Å²) in [6.07, 6.45) is 0.509. The van der Waals surface area contributed by atoms with Crippen molar-refractivity contribution < 1.29 is 19.1 Å². The minimum absolute atomic E-state index is 0.160. The fourth-order valence-electron chi connectivity index (χ4n) is 2.27. The molecule has 1 N–H and O–H groups in total. The van der Waals surface area contributed by atoms with Crippen molar-refractivity contribution in [2.24, 2.45) is 0 Å². The number of nitrogens with one attached hydrogen (secondary N) is 1. The lowest BCUT2D eigenvalue weighted by Gasteiger charge is -2.15. The first-order valence-electron chi connectivity index (χ1n) is 8.62. The van der Waals surface area contributed by atoms with Crippen molar-refractivity contribution in [2.75, 3.05) is 11.9 Å². The molecule has 1 amide bonds.